The van der Waals surface area contributed by atoms with Gasteiger partial charge >= 0.3 is 0 Å². The highest BCUT2D eigenvalue weighted by Crippen LogP contribution is 2.27. The molecule has 2 heterocycles. The molecule has 1 atom stereocenters. The van der Waals surface area contributed by atoms with Gasteiger partial charge in [0.2, 0.25) is 0 Å². The number of hydrogen-bond donors (Lipinski definition) is 1. The molecule has 21 heavy (non-hydrogen) atoms. The molecular weight excluding hydrogens is 280 g/mol. The summed E-state index contributed by atoms with van der Waals surface area (Å²) in [5.41, 5.74) is 3.44. The Morgan fingerprint density at radius 1 is 1.19 bits per heavy atom. The van der Waals surface area contributed by atoms with Crippen LogP contribution in [0.1, 0.15) is 24.1 Å². The normalized spacial score (nSPS) is 12.5. The monoisotopic (exact) mass is 298 g/mol. The van der Waals surface area contributed by atoms with Crippen molar-refractivity contribution in [3.05, 3.63) is 59.1 Å². The van der Waals surface area contributed by atoms with Gasteiger partial charge in [0.1, 0.15) is 5.75 Å². The van der Waals surface area contributed by atoms with Crippen molar-refractivity contribution < 1.29 is 4.74 Å². The third kappa shape index (κ3) is 2.91. The van der Waals surface area contributed by atoms with Crippen LogP contribution in [0.4, 0.5) is 0 Å². The van der Waals surface area contributed by atoms with E-state index in [-0.39, 0.29) is 6.04 Å². The van der Waals surface area contributed by atoms with Gasteiger partial charge in [-0.1, -0.05) is 12.1 Å². The first-order valence-corrected chi connectivity index (χ1v) is 7.93. The summed E-state index contributed by atoms with van der Waals surface area (Å²) < 4.78 is 6.72. The summed E-state index contributed by atoms with van der Waals surface area (Å²) in [6.45, 7) is 2.68. The molecule has 2 aromatic heterocycles. The summed E-state index contributed by atoms with van der Waals surface area (Å²) >= 11 is 1.72. The molecule has 1 N–H and O–H groups in total. The molecule has 4 heteroatoms. The van der Waals surface area contributed by atoms with Gasteiger partial charge in [-0.05, 0) is 54.7 Å². The molecular formula is C17H18N2OS. The maximum absolute atomic E-state index is 5.50. The molecule has 0 saturated carbocycles. The lowest BCUT2D eigenvalue weighted by Gasteiger charge is -2.17. The Balaban J connectivity index is 1.92. The van der Waals surface area contributed by atoms with Crippen molar-refractivity contribution in [2.75, 3.05) is 13.7 Å². The van der Waals surface area contributed by atoms with Crippen LogP contribution >= 0.6 is 11.3 Å². The van der Waals surface area contributed by atoms with E-state index in [2.05, 4.69) is 39.9 Å². The molecule has 0 aliphatic heterocycles. The Kier molecular flexibility index (Phi) is 4.18. The van der Waals surface area contributed by atoms with Crippen molar-refractivity contribution in [1.82, 2.24) is 10.3 Å². The number of benzene rings is 1. The number of nitrogens with one attached hydrogen (secondary N) is 1. The number of aromatic nitrogens is 1. The van der Waals surface area contributed by atoms with Gasteiger partial charge in [-0.2, -0.15) is 0 Å². The van der Waals surface area contributed by atoms with Crippen molar-refractivity contribution in [3.8, 4) is 5.75 Å². The number of pyridine rings is 1. The average Bonchev–Trinajstić information content (AvgIpc) is 2.98. The second kappa shape index (κ2) is 6.24. The molecule has 0 aliphatic carbocycles. The van der Waals surface area contributed by atoms with E-state index < -0.39 is 0 Å². The molecule has 0 bridgehead atoms. The molecule has 1 unspecified atom stereocenters. The zero-order chi connectivity index (χ0) is 14.7. The van der Waals surface area contributed by atoms with Gasteiger partial charge in [0.05, 0.1) is 22.9 Å². The first-order chi connectivity index (χ1) is 10.3. The Labute approximate surface area is 128 Å². The number of hydrogen-bond acceptors (Lipinski definition) is 4. The molecule has 3 rings (SSSR count). The Morgan fingerprint density at radius 2 is 2.00 bits per heavy atom. The molecule has 0 spiro atoms. The van der Waals surface area contributed by atoms with E-state index in [0.717, 1.165) is 11.3 Å². The van der Waals surface area contributed by atoms with E-state index in [4.69, 9.17) is 4.74 Å². The van der Waals surface area contributed by atoms with Crippen molar-refractivity contribution in [3.63, 3.8) is 0 Å². The molecule has 3 aromatic rings. The van der Waals surface area contributed by atoms with Crippen LogP contribution in [0.3, 0.4) is 0 Å². The van der Waals surface area contributed by atoms with Crippen LogP contribution in [0.5, 0.6) is 5.75 Å². The molecule has 3 nitrogen and oxygen atoms in total. The van der Waals surface area contributed by atoms with E-state index in [9.17, 15) is 0 Å². The molecule has 1 aromatic carbocycles. The van der Waals surface area contributed by atoms with Crippen LogP contribution in [0.25, 0.3) is 10.2 Å². The lowest BCUT2D eigenvalue weighted by atomic mass is 10.00. The van der Waals surface area contributed by atoms with E-state index >= 15 is 0 Å². The van der Waals surface area contributed by atoms with Gasteiger partial charge < -0.3 is 10.1 Å². The SMILES string of the molecule is CCOc1ccc(C(NC)c2cnc3ccsc3c2)cc1. The van der Waals surface area contributed by atoms with E-state index in [1.165, 1.54) is 15.8 Å². The van der Waals surface area contributed by atoms with Crippen LogP contribution < -0.4 is 10.1 Å². The highest BCUT2D eigenvalue weighted by atomic mass is 32.1. The third-order valence-corrected chi connectivity index (χ3v) is 4.32. The molecule has 108 valence electrons. The third-order valence-electron chi connectivity index (χ3n) is 3.47. The van der Waals surface area contributed by atoms with Crippen LogP contribution in [-0.2, 0) is 0 Å². The summed E-state index contributed by atoms with van der Waals surface area (Å²) in [5, 5.41) is 5.44. The highest BCUT2D eigenvalue weighted by molar-refractivity contribution is 7.17. The number of rotatable bonds is 5. The van der Waals surface area contributed by atoms with E-state index in [0.29, 0.717) is 6.61 Å². The number of ether oxygens (including phenoxy) is 1. The number of nitrogens with zero attached hydrogens (tertiary/aromatic N) is 1. The Bertz CT molecular complexity index is 721. The minimum absolute atomic E-state index is 0.139. The first kappa shape index (κ1) is 14.0. The lowest BCUT2D eigenvalue weighted by molar-refractivity contribution is 0.340. The predicted molar refractivity (Wildman–Crippen MR) is 88.1 cm³/mol. The van der Waals surface area contributed by atoms with Crippen LogP contribution in [0.15, 0.2) is 48.0 Å². The zero-order valence-electron chi connectivity index (χ0n) is 12.2. The van der Waals surface area contributed by atoms with Crippen molar-refractivity contribution in [2.45, 2.75) is 13.0 Å². The standard InChI is InChI=1S/C17H18N2OS/c1-3-20-14-6-4-12(5-7-14)17(18-2)13-10-16-15(19-11-13)8-9-21-16/h4-11,17-18H,3H2,1-2H3. The van der Waals surface area contributed by atoms with Crippen LogP contribution in [0, 0.1) is 0 Å². The van der Waals surface area contributed by atoms with Crippen LogP contribution in [-0.4, -0.2) is 18.6 Å². The first-order valence-electron chi connectivity index (χ1n) is 7.05. The second-order valence-corrected chi connectivity index (χ2v) is 5.74. The smallest absolute Gasteiger partial charge is 0.119 e. The Morgan fingerprint density at radius 3 is 2.71 bits per heavy atom. The largest absolute Gasteiger partial charge is 0.494 e. The summed E-state index contributed by atoms with van der Waals surface area (Å²) in [6, 6.07) is 12.6. The van der Waals surface area contributed by atoms with E-state index in [1.807, 2.05) is 32.3 Å². The van der Waals surface area contributed by atoms with Gasteiger partial charge in [-0.25, -0.2) is 0 Å². The zero-order valence-corrected chi connectivity index (χ0v) is 13.0. The fourth-order valence-electron chi connectivity index (χ4n) is 2.47. The van der Waals surface area contributed by atoms with Gasteiger partial charge in [0.25, 0.3) is 0 Å². The average molecular weight is 298 g/mol. The molecule has 0 saturated heterocycles. The fourth-order valence-corrected chi connectivity index (χ4v) is 3.26. The van der Waals surface area contributed by atoms with Crippen molar-refractivity contribution in [2.24, 2.45) is 0 Å². The van der Waals surface area contributed by atoms with Gasteiger partial charge in [0.15, 0.2) is 0 Å². The molecule has 0 radical (unpaired) electrons. The van der Waals surface area contributed by atoms with Gasteiger partial charge in [0, 0.05) is 6.20 Å². The maximum atomic E-state index is 5.50. The summed E-state index contributed by atoms with van der Waals surface area (Å²) in [4.78, 5) is 4.53. The van der Waals surface area contributed by atoms with Crippen molar-refractivity contribution in [1.29, 1.82) is 0 Å². The fraction of sp³-hybridized carbons (Fsp3) is 0.235. The van der Waals surface area contributed by atoms with Gasteiger partial charge in [-0.3, -0.25) is 4.98 Å². The summed E-state index contributed by atoms with van der Waals surface area (Å²) in [5.74, 6) is 0.905. The minimum atomic E-state index is 0.139. The topological polar surface area (TPSA) is 34.1 Å². The molecule has 0 aliphatic rings. The molecule has 0 fully saturated rings. The summed E-state index contributed by atoms with van der Waals surface area (Å²) in [6.07, 6.45) is 1.95. The predicted octanol–water partition coefficient (Wildman–Crippen LogP) is 4.00. The summed E-state index contributed by atoms with van der Waals surface area (Å²) in [7, 11) is 1.97. The second-order valence-electron chi connectivity index (χ2n) is 4.80. The number of thiophene rings is 1. The Hall–Kier alpha value is -1.91. The molecule has 0 amide bonds. The quantitative estimate of drug-likeness (QED) is 0.773. The lowest BCUT2D eigenvalue weighted by Crippen LogP contribution is -2.17. The van der Waals surface area contributed by atoms with Gasteiger partial charge in [-0.15, -0.1) is 11.3 Å². The minimum Gasteiger partial charge on any atom is -0.494 e. The number of fused-ring (bicyclic) bond motifs is 1. The van der Waals surface area contributed by atoms with Crippen LogP contribution in [0.2, 0.25) is 0 Å². The highest BCUT2D eigenvalue weighted by Gasteiger charge is 2.13. The van der Waals surface area contributed by atoms with Crippen molar-refractivity contribution >= 4 is 21.6 Å². The van der Waals surface area contributed by atoms with E-state index in [1.54, 1.807) is 11.3 Å². The maximum Gasteiger partial charge on any atom is 0.119 e.